The van der Waals surface area contributed by atoms with Crippen molar-refractivity contribution in [3.8, 4) is 5.75 Å². The minimum atomic E-state index is -0.633. The number of ether oxygens (including phenoxy) is 1. The highest BCUT2D eigenvalue weighted by Crippen LogP contribution is 2.26. The summed E-state index contributed by atoms with van der Waals surface area (Å²) in [4.78, 5) is 49.7. The third kappa shape index (κ3) is 7.97. The smallest absolute Gasteiger partial charge is 0.258 e. The number of likely N-dealkylation sites (N-methyl/N-ethyl adjacent to an activating group) is 2. The molecule has 214 valence electrons. The van der Waals surface area contributed by atoms with Gasteiger partial charge in [-0.3, -0.25) is 14.4 Å². The molecule has 2 heterocycles. The van der Waals surface area contributed by atoms with Crippen LogP contribution in [0.3, 0.4) is 0 Å². The van der Waals surface area contributed by atoms with Gasteiger partial charge < -0.3 is 24.0 Å². The normalized spacial score (nSPS) is 18.6. The summed E-state index contributed by atoms with van der Waals surface area (Å²) >= 11 is 6.24. The van der Waals surface area contributed by atoms with Crippen LogP contribution in [0.4, 0.5) is 0 Å². The lowest BCUT2D eigenvalue weighted by Crippen LogP contribution is -2.51. The zero-order chi connectivity index (χ0) is 28.5. The first-order valence-corrected chi connectivity index (χ1v) is 14.2. The second-order valence-electron chi connectivity index (χ2n) is 10.5. The molecule has 0 aliphatic carbocycles. The molecular weight excluding hydrogens is 518 g/mol. The third-order valence-electron chi connectivity index (χ3n) is 7.20. The predicted octanol–water partition coefficient (Wildman–Crippen LogP) is 4.14. The summed E-state index contributed by atoms with van der Waals surface area (Å²) in [7, 11) is 3.43. The number of benzene rings is 1. The van der Waals surface area contributed by atoms with E-state index in [-0.39, 0.29) is 30.2 Å². The Balaban J connectivity index is 1.82. The van der Waals surface area contributed by atoms with Gasteiger partial charge >= 0.3 is 0 Å². The summed E-state index contributed by atoms with van der Waals surface area (Å²) in [6, 6.07) is 4.35. The summed E-state index contributed by atoms with van der Waals surface area (Å²) in [5.41, 5.74) is 0.333. The topological polar surface area (TPSA) is 88.0 Å². The molecule has 3 amide bonds. The van der Waals surface area contributed by atoms with E-state index in [1.807, 2.05) is 36.4 Å². The van der Waals surface area contributed by atoms with Crippen LogP contribution in [0, 0.1) is 5.92 Å². The molecule has 0 N–H and O–H groups in total. The minimum Gasteiger partial charge on any atom is -0.493 e. The zero-order valence-corrected chi connectivity index (χ0v) is 24.6. The lowest BCUT2D eigenvalue weighted by molar-refractivity contribution is -0.136. The fourth-order valence-electron chi connectivity index (χ4n) is 4.99. The first-order chi connectivity index (χ1) is 18.6. The van der Waals surface area contributed by atoms with Gasteiger partial charge in [0, 0.05) is 57.6 Å². The van der Waals surface area contributed by atoms with Crippen molar-refractivity contribution in [2.75, 3.05) is 40.3 Å². The van der Waals surface area contributed by atoms with Crippen molar-refractivity contribution in [1.29, 1.82) is 0 Å². The van der Waals surface area contributed by atoms with E-state index in [1.54, 1.807) is 43.4 Å². The van der Waals surface area contributed by atoms with Gasteiger partial charge in [-0.2, -0.15) is 0 Å². The summed E-state index contributed by atoms with van der Waals surface area (Å²) < 4.78 is 7.93. The number of hydrogen-bond donors (Lipinski definition) is 0. The number of aromatic nitrogens is 2. The van der Waals surface area contributed by atoms with Gasteiger partial charge in [0.05, 0.1) is 12.2 Å². The standard InChI is InChI=1S/C29H42ClN5O4/c1-6-25-31-13-17-35(25)20-26(36)34-15-8-7-14-32(4)29(38)27(21(2)3)33(5)28(37)23-19-22(30)11-12-24(23)39-18-10-9-16-34/h11-13,17,19,21,27H,6-10,14-16,18,20H2,1-5H3/t27-/m0/s1. The third-order valence-corrected chi connectivity index (χ3v) is 7.43. The van der Waals surface area contributed by atoms with Gasteiger partial charge in [0.2, 0.25) is 11.8 Å². The fraction of sp³-hybridized carbons (Fsp3) is 0.586. The first-order valence-electron chi connectivity index (χ1n) is 13.9. The molecular formula is C29H42ClN5O4. The van der Waals surface area contributed by atoms with Crippen LogP contribution in [0.2, 0.25) is 5.02 Å². The van der Waals surface area contributed by atoms with Crippen molar-refractivity contribution in [3.05, 3.63) is 47.0 Å². The molecule has 2 aromatic rings. The number of hydrogen-bond acceptors (Lipinski definition) is 5. The van der Waals surface area contributed by atoms with Gasteiger partial charge in [0.1, 0.15) is 24.2 Å². The molecule has 1 atom stereocenters. The summed E-state index contributed by atoms with van der Waals surface area (Å²) in [6.45, 7) is 8.32. The molecule has 0 saturated heterocycles. The molecule has 0 spiro atoms. The van der Waals surface area contributed by atoms with Crippen molar-refractivity contribution in [1.82, 2.24) is 24.3 Å². The Morgan fingerprint density at radius 2 is 1.79 bits per heavy atom. The quantitative estimate of drug-likeness (QED) is 0.562. The predicted molar refractivity (Wildman–Crippen MR) is 152 cm³/mol. The number of carbonyl (C=O) groups excluding carboxylic acids is 3. The molecule has 39 heavy (non-hydrogen) atoms. The Bertz CT molecular complexity index is 1130. The number of carbonyl (C=O) groups is 3. The molecule has 1 aromatic heterocycles. The monoisotopic (exact) mass is 559 g/mol. The lowest BCUT2D eigenvalue weighted by Gasteiger charge is -2.33. The van der Waals surface area contributed by atoms with E-state index >= 15 is 0 Å². The Hall–Kier alpha value is -3.07. The zero-order valence-electron chi connectivity index (χ0n) is 23.9. The molecule has 1 aliphatic rings. The van der Waals surface area contributed by atoms with Crippen molar-refractivity contribution in [3.63, 3.8) is 0 Å². The molecule has 0 fully saturated rings. The van der Waals surface area contributed by atoms with Gasteiger partial charge in [-0.15, -0.1) is 0 Å². The Morgan fingerprint density at radius 3 is 2.49 bits per heavy atom. The number of fused-ring (bicyclic) bond motifs is 1. The molecule has 0 saturated carbocycles. The average Bonchev–Trinajstić information content (AvgIpc) is 3.35. The maximum atomic E-state index is 13.6. The van der Waals surface area contributed by atoms with Crippen LogP contribution in [-0.2, 0) is 22.6 Å². The summed E-state index contributed by atoms with van der Waals surface area (Å²) in [6.07, 6.45) is 7.34. The number of nitrogens with zero attached hydrogens (tertiary/aromatic N) is 5. The van der Waals surface area contributed by atoms with Gasteiger partial charge in [0.15, 0.2) is 0 Å². The average molecular weight is 560 g/mol. The maximum absolute atomic E-state index is 13.6. The Labute approximate surface area is 237 Å². The molecule has 9 nitrogen and oxygen atoms in total. The van der Waals surface area contributed by atoms with Gasteiger partial charge in [-0.1, -0.05) is 32.4 Å². The first kappa shape index (κ1) is 30.5. The maximum Gasteiger partial charge on any atom is 0.258 e. The highest BCUT2D eigenvalue weighted by Gasteiger charge is 2.33. The minimum absolute atomic E-state index is 0.0537. The van der Waals surface area contributed by atoms with Crippen LogP contribution < -0.4 is 4.74 Å². The second kappa shape index (κ2) is 14.4. The van der Waals surface area contributed by atoms with Crippen LogP contribution in [0.5, 0.6) is 5.75 Å². The van der Waals surface area contributed by atoms with E-state index in [0.29, 0.717) is 42.6 Å². The van der Waals surface area contributed by atoms with E-state index in [9.17, 15) is 14.4 Å². The number of aryl methyl sites for hydroxylation is 1. The van der Waals surface area contributed by atoms with Gasteiger partial charge in [-0.25, -0.2) is 4.98 Å². The van der Waals surface area contributed by atoms with E-state index in [2.05, 4.69) is 4.98 Å². The number of rotatable bonds is 4. The second-order valence-corrected chi connectivity index (χ2v) is 10.9. The summed E-state index contributed by atoms with van der Waals surface area (Å²) in [5.74, 6) is 0.862. The van der Waals surface area contributed by atoms with E-state index in [4.69, 9.17) is 16.3 Å². The van der Waals surface area contributed by atoms with Gasteiger partial charge in [0.25, 0.3) is 5.91 Å². The van der Waals surface area contributed by atoms with Crippen molar-refractivity contribution < 1.29 is 19.1 Å². The Morgan fingerprint density at radius 1 is 1.10 bits per heavy atom. The SMILES string of the molecule is CCc1nccn1CC(=O)N1CCCCOc2ccc(Cl)cc2C(=O)N(C)[C@@H](C(C)C)C(=O)N(C)CCCC1. The Kier molecular flexibility index (Phi) is 11.2. The molecule has 0 radical (unpaired) electrons. The van der Waals surface area contributed by atoms with Crippen LogP contribution in [0.25, 0.3) is 0 Å². The van der Waals surface area contributed by atoms with Crippen molar-refractivity contribution in [2.24, 2.45) is 5.92 Å². The lowest BCUT2D eigenvalue weighted by atomic mass is 10.00. The molecule has 0 bridgehead atoms. The molecule has 0 unspecified atom stereocenters. The molecule has 1 aliphatic heterocycles. The molecule has 3 rings (SSSR count). The van der Waals surface area contributed by atoms with E-state index in [0.717, 1.165) is 37.9 Å². The molecule has 10 heteroatoms. The molecule has 1 aromatic carbocycles. The van der Waals surface area contributed by atoms with E-state index in [1.165, 1.54) is 4.90 Å². The van der Waals surface area contributed by atoms with Crippen LogP contribution >= 0.6 is 11.6 Å². The van der Waals surface area contributed by atoms with Crippen LogP contribution in [-0.4, -0.2) is 88.4 Å². The number of amides is 3. The largest absolute Gasteiger partial charge is 0.493 e. The van der Waals surface area contributed by atoms with Crippen LogP contribution in [0.15, 0.2) is 30.6 Å². The number of halogens is 1. The summed E-state index contributed by atoms with van der Waals surface area (Å²) in [5, 5.41) is 0.424. The highest BCUT2D eigenvalue weighted by molar-refractivity contribution is 6.31. The van der Waals surface area contributed by atoms with Crippen LogP contribution in [0.1, 0.15) is 62.6 Å². The van der Waals surface area contributed by atoms with Gasteiger partial charge in [-0.05, 0) is 49.8 Å². The van der Waals surface area contributed by atoms with Crippen molar-refractivity contribution in [2.45, 2.75) is 65.5 Å². The fourth-order valence-corrected chi connectivity index (χ4v) is 5.16. The number of imidazole rings is 1. The van der Waals surface area contributed by atoms with Crippen molar-refractivity contribution >= 4 is 29.3 Å². The highest BCUT2D eigenvalue weighted by atomic mass is 35.5. The van der Waals surface area contributed by atoms with E-state index < -0.39 is 6.04 Å².